The highest BCUT2D eigenvalue weighted by Gasteiger charge is 2.22. The zero-order chi connectivity index (χ0) is 13.1. The number of aromatic nitrogens is 2. The monoisotopic (exact) mass is 258 g/mol. The largest absolute Gasteiger partial charge is 0.357 e. The maximum absolute atomic E-state index is 12.1. The van der Waals surface area contributed by atoms with Crippen molar-refractivity contribution in [1.82, 2.24) is 14.3 Å². The minimum Gasteiger partial charge on any atom is -0.357 e. The lowest BCUT2D eigenvalue weighted by Gasteiger charge is -2.18. The van der Waals surface area contributed by atoms with Gasteiger partial charge >= 0.3 is 0 Å². The zero-order valence-electron chi connectivity index (χ0n) is 10.5. The summed E-state index contributed by atoms with van der Waals surface area (Å²) in [5.74, 6) is 0.669. The van der Waals surface area contributed by atoms with Crippen LogP contribution in [0.1, 0.15) is 13.8 Å². The van der Waals surface area contributed by atoms with Crippen LogP contribution in [-0.4, -0.2) is 43.3 Å². The fourth-order valence-electron chi connectivity index (χ4n) is 1.37. The van der Waals surface area contributed by atoms with E-state index in [1.807, 2.05) is 13.8 Å². The van der Waals surface area contributed by atoms with Crippen LogP contribution in [0.3, 0.4) is 0 Å². The topological polar surface area (TPSA) is 75.2 Å². The first-order chi connectivity index (χ1) is 7.87. The molecule has 0 aliphatic carbocycles. The lowest BCUT2D eigenvalue weighted by molar-refractivity contribution is 0.417. The molecule has 1 rings (SSSR count). The molecular weight excluding hydrogens is 240 g/mol. The summed E-state index contributed by atoms with van der Waals surface area (Å²) in [7, 11) is -0.247. The van der Waals surface area contributed by atoms with Gasteiger partial charge in [-0.15, -0.1) is 0 Å². The predicted molar refractivity (Wildman–Crippen MR) is 66.2 cm³/mol. The molecule has 0 spiro atoms. The lowest BCUT2D eigenvalue weighted by atomic mass is 10.2. The molecule has 0 bridgehead atoms. The molecule has 0 aliphatic rings. The molecule has 7 heteroatoms. The van der Waals surface area contributed by atoms with Crippen molar-refractivity contribution >= 4 is 16.0 Å². The molecule has 0 saturated carbocycles. The maximum atomic E-state index is 12.1. The van der Waals surface area contributed by atoms with Gasteiger partial charge in [-0.05, 0) is 5.92 Å². The van der Waals surface area contributed by atoms with E-state index in [2.05, 4.69) is 15.3 Å². The Morgan fingerprint density at radius 1 is 1.35 bits per heavy atom. The summed E-state index contributed by atoms with van der Waals surface area (Å²) in [5.41, 5.74) is 0. The van der Waals surface area contributed by atoms with Crippen molar-refractivity contribution in [3.63, 3.8) is 0 Å². The first-order valence-electron chi connectivity index (χ1n) is 5.34. The number of sulfonamides is 1. The van der Waals surface area contributed by atoms with Crippen LogP contribution in [0.2, 0.25) is 0 Å². The van der Waals surface area contributed by atoms with Crippen LogP contribution in [0.25, 0.3) is 0 Å². The highest BCUT2D eigenvalue weighted by atomic mass is 32.2. The Labute approximate surface area is 102 Å². The van der Waals surface area contributed by atoms with E-state index in [9.17, 15) is 8.42 Å². The number of hydrogen-bond donors (Lipinski definition) is 1. The number of nitrogens with one attached hydrogen (secondary N) is 1. The summed E-state index contributed by atoms with van der Waals surface area (Å²) in [6, 6.07) is 0. The molecular formula is C10H18N4O2S. The molecule has 17 heavy (non-hydrogen) atoms. The molecule has 0 amide bonds. The van der Waals surface area contributed by atoms with Gasteiger partial charge in [-0.1, -0.05) is 13.8 Å². The molecule has 96 valence electrons. The Kier molecular flexibility index (Phi) is 4.41. The van der Waals surface area contributed by atoms with Gasteiger partial charge in [0.15, 0.2) is 0 Å². The zero-order valence-corrected chi connectivity index (χ0v) is 11.3. The van der Waals surface area contributed by atoms with Crippen LogP contribution < -0.4 is 5.32 Å². The van der Waals surface area contributed by atoms with Gasteiger partial charge in [0.05, 0.1) is 12.4 Å². The molecule has 0 fully saturated rings. The molecule has 0 radical (unpaired) electrons. The van der Waals surface area contributed by atoms with Crippen molar-refractivity contribution in [2.45, 2.75) is 18.7 Å². The molecule has 1 N–H and O–H groups in total. The average Bonchev–Trinajstić information content (AvgIpc) is 2.28. The average molecular weight is 258 g/mol. The molecule has 1 heterocycles. The van der Waals surface area contributed by atoms with Crippen molar-refractivity contribution < 1.29 is 8.42 Å². The van der Waals surface area contributed by atoms with E-state index in [4.69, 9.17) is 0 Å². The third kappa shape index (κ3) is 3.37. The second kappa shape index (κ2) is 5.42. The van der Waals surface area contributed by atoms with Crippen molar-refractivity contribution in [2.75, 3.05) is 26.0 Å². The smallest absolute Gasteiger partial charge is 0.245 e. The third-order valence-electron chi connectivity index (χ3n) is 2.18. The fraction of sp³-hybridized carbons (Fsp3) is 0.600. The van der Waals surface area contributed by atoms with Crippen LogP contribution in [0.5, 0.6) is 0 Å². The van der Waals surface area contributed by atoms with Gasteiger partial charge in [0.2, 0.25) is 16.0 Å². The SMILES string of the molecule is CNc1ncc(S(=O)(=O)N(C)CC(C)C)cn1. The van der Waals surface area contributed by atoms with Gasteiger partial charge in [-0.3, -0.25) is 0 Å². The number of rotatable bonds is 5. The van der Waals surface area contributed by atoms with Gasteiger partial charge in [0, 0.05) is 20.6 Å². The predicted octanol–water partition coefficient (Wildman–Crippen LogP) is 0.795. The second-order valence-corrected chi connectivity index (χ2v) is 6.22. The lowest BCUT2D eigenvalue weighted by Crippen LogP contribution is -2.30. The molecule has 1 aromatic heterocycles. The Balaban J connectivity index is 2.96. The van der Waals surface area contributed by atoms with E-state index in [1.54, 1.807) is 14.1 Å². The molecule has 6 nitrogen and oxygen atoms in total. The van der Waals surface area contributed by atoms with Gasteiger partial charge in [0.1, 0.15) is 4.90 Å². The second-order valence-electron chi connectivity index (χ2n) is 4.17. The van der Waals surface area contributed by atoms with E-state index in [-0.39, 0.29) is 10.8 Å². The normalized spacial score (nSPS) is 12.1. The fourth-order valence-corrected chi connectivity index (χ4v) is 2.60. The van der Waals surface area contributed by atoms with E-state index < -0.39 is 10.0 Å². The summed E-state index contributed by atoms with van der Waals surface area (Å²) in [6.07, 6.45) is 2.62. The van der Waals surface area contributed by atoms with Crippen LogP contribution >= 0.6 is 0 Å². The van der Waals surface area contributed by atoms with Gasteiger partial charge in [-0.25, -0.2) is 22.7 Å². The summed E-state index contributed by atoms with van der Waals surface area (Å²) in [5, 5.41) is 2.74. The van der Waals surface area contributed by atoms with Crippen LogP contribution in [0.4, 0.5) is 5.95 Å². The van der Waals surface area contributed by atoms with Gasteiger partial charge in [-0.2, -0.15) is 0 Å². The Morgan fingerprint density at radius 3 is 2.29 bits per heavy atom. The highest BCUT2D eigenvalue weighted by molar-refractivity contribution is 7.89. The van der Waals surface area contributed by atoms with E-state index in [0.29, 0.717) is 12.5 Å². The third-order valence-corrected chi connectivity index (χ3v) is 3.96. The quantitative estimate of drug-likeness (QED) is 0.845. The molecule has 0 aromatic carbocycles. The summed E-state index contributed by atoms with van der Waals surface area (Å²) < 4.78 is 25.5. The minimum absolute atomic E-state index is 0.111. The van der Waals surface area contributed by atoms with Crippen molar-refractivity contribution in [1.29, 1.82) is 0 Å². The molecule has 0 unspecified atom stereocenters. The van der Waals surface area contributed by atoms with E-state index in [0.717, 1.165) is 0 Å². The highest BCUT2D eigenvalue weighted by Crippen LogP contribution is 2.14. The molecule has 0 aliphatic heterocycles. The summed E-state index contributed by atoms with van der Waals surface area (Å²) in [6.45, 7) is 4.40. The van der Waals surface area contributed by atoms with Crippen LogP contribution in [0.15, 0.2) is 17.3 Å². The first-order valence-corrected chi connectivity index (χ1v) is 6.78. The minimum atomic E-state index is -3.48. The Hall–Kier alpha value is -1.21. The molecule has 0 atom stereocenters. The number of nitrogens with zero attached hydrogens (tertiary/aromatic N) is 3. The Morgan fingerprint density at radius 2 is 1.88 bits per heavy atom. The van der Waals surface area contributed by atoms with E-state index >= 15 is 0 Å². The number of anilines is 1. The van der Waals surface area contributed by atoms with Crippen LogP contribution in [0, 0.1) is 5.92 Å². The summed E-state index contributed by atoms with van der Waals surface area (Å²) >= 11 is 0. The first kappa shape index (κ1) is 13.9. The molecule has 0 saturated heterocycles. The van der Waals surface area contributed by atoms with Gasteiger partial charge in [0.25, 0.3) is 0 Å². The van der Waals surface area contributed by atoms with Gasteiger partial charge < -0.3 is 5.32 Å². The molecule has 1 aromatic rings. The van der Waals surface area contributed by atoms with Crippen LogP contribution in [-0.2, 0) is 10.0 Å². The van der Waals surface area contributed by atoms with E-state index in [1.165, 1.54) is 16.7 Å². The van der Waals surface area contributed by atoms with Crippen molar-refractivity contribution in [3.8, 4) is 0 Å². The number of hydrogen-bond acceptors (Lipinski definition) is 5. The standard InChI is InChI=1S/C10H18N4O2S/c1-8(2)7-14(4)17(15,16)9-5-12-10(11-3)13-6-9/h5-6,8H,7H2,1-4H3,(H,11,12,13). The maximum Gasteiger partial charge on any atom is 0.245 e. The Bertz CT molecular complexity index is 456. The van der Waals surface area contributed by atoms with Crippen molar-refractivity contribution in [3.05, 3.63) is 12.4 Å². The van der Waals surface area contributed by atoms with Crippen molar-refractivity contribution in [2.24, 2.45) is 5.92 Å². The summed E-state index contributed by atoms with van der Waals surface area (Å²) in [4.78, 5) is 7.90.